The van der Waals surface area contributed by atoms with Gasteiger partial charge in [-0.2, -0.15) is 5.26 Å². The standard InChI is InChI=1S/C19H18N2O5/c1-24-15-8-9-16(17(12-15)25-2)19(23)26-13-18(22)21(11-10-20)14-6-4-3-5-7-14/h3-9,12H,11,13H2,1-2H3. The van der Waals surface area contributed by atoms with Gasteiger partial charge in [0.2, 0.25) is 0 Å². The zero-order valence-electron chi connectivity index (χ0n) is 14.5. The molecule has 0 saturated heterocycles. The molecule has 2 aromatic carbocycles. The molecular weight excluding hydrogens is 336 g/mol. The van der Waals surface area contributed by atoms with Gasteiger partial charge in [-0.25, -0.2) is 4.79 Å². The number of nitrogens with zero attached hydrogens (tertiary/aromatic N) is 2. The van der Waals surface area contributed by atoms with E-state index < -0.39 is 18.5 Å². The lowest BCUT2D eigenvalue weighted by molar-refractivity contribution is -0.121. The predicted octanol–water partition coefficient (Wildman–Crippen LogP) is 2.42. The highest BCUT2D eigenvalue weighted by atomic mass is 16.5. The number of ether oxygens (including phenoxy) is 3. The summed E-state index contributed by atoms with van der Waals surface area (Å²) in [5.41, 5.74) is 0.727. The molecule has 0 aliphatic heterocycles. The van der Waals surface area contributed by atoms with Crippen molar-refractivity contribution in [1.29, 1.82) is 5.26 Å². The van der Waals surface area contributed by atoms with Crippen LogP contribution in [0.5, 0.6) is 11.5 Å². The first-order chi connectivity index (χ1) is 12.6. The largest absolute Gasteiger partial charge is 0.497 e. The maximum Gasteiger partial charge on any atom is 0.342 e. The number of anilines is 1. The minimum Gasteiger partial charge on any atom is -0.497 e. The Morgan fingerprint density at radius 3 is 2.42 bits per heavy atom. The second-order valence-electron chi connectivity index (χ2n) is 5.12. The van der Waals surface area contributed by atoms with Crippen LogP contribution in [-0.2, 0) is 9.53 Å². The van der Waals surface area contributed by atoms with Gasteiger partial charge in [-0.15, -0.1) is 0 Å². The van der Waals surface area contributed by atoms with Crippen molar-refractivity contribution in [3.63, 3.8) is 0 Å². The summed E-state index contributed by atoms with van der Waals surface area (Å²) in [6.07, 6.45) is 0. The van der Waals surface area contributed by atoms with E-state index in [-0.39, 0.29) is 17.9 Å². The van der Waals surface area contributed by atoms with E-state index in [1.165, 1.54) is 25.2 Å². The second-order valence-corrected chi connectivity index (χ2v) is 5.12. The van der Waals surface area contributed by atoms with E-state index in [9.17, 15) is 9.59 Å². The molecular formula is C19H18N2O5. The lowest BCUT2D eigenvalue weighted by atomic mass is 10.2. The molecule has 0 aliphatic rings. The lowest BCUT2D eigenvalue weighted by Gasteiger charge is -2.19. The molecule has 134 valence electrons. The fourth-order valence-electron chi connectivity index (χ4n) is 2.25. The lowest BCUT2D eigenvalue weighted by Crippen LogP contribution is -2.35. The Morgan fingerprint density at radius 2 is 1.81 bits per heavy atom. The van der Waals surface area contributed by atoms with Crippen molar-refractivity contribution in [2.45, 2.75) is 0 Å². The maximum absolute atomic E-state index is 12.4. The number of amides is 1. The molecule has 7 nitrogen and oxygen atoms in total. The normalized spacial score (nSPS) is 9.73. The molecule has 2 aromatic rings. The van der Waals surface area contributed by atoms with Crippen molar-refractivity contribution in [3.05, 3.63) is 54.1 Å². The molecule has 0 bridgehead atoms. The van der Waals surface area contributed by atoms with E-state index in [1.807, 2.05) is 6.07 Å². The molecule has 0 saturated carbocycles. The third kappa shape index (κ3) is 4.51. The minimum atomic E-state index is -0.706. The van der Waals surface area contributed by atoms with Crippen LogP contribution in [-0.4, -0.2) is 39.2 Å². The summed E-state index contributed by atoms with van der Waals surface area (Å²) in [7, 11) is 2.92. The van der Waals surface area contributed by atoms with Gasteiger partial charge < -0.3 is 14.2 Å². The number of rotatable bonds is 7. The number of carbonyl (C=O) groups is 2. The van der Waals surface area contributed by atoms with Crippen molar-refractivity contribution in [3.8, 4) is 17.6 Å². The number of nitriles is 1. The molecule has 26 heavy (non-hydrogen) atoms. The van der Waals surface area contributed by atoms with E-state index in [2.05, 4.69) is 0 Å². The molecule has 0 aromatic heterocycles. The summed E-state index contributed by atoms with van der Waals surface area (Å²) in [6, 6.07) is 15.3. The van der Waals surface area contributed by atoms with E-state index in [0.29, 0.717) is 11.4 Å². The number of hydrogen-bond acceptors (Lipinski definition) is 6. The Morgan fingerprint density at radius 1 is 1.08 bits per heavy atom. The third-order valence-corrected chi connectivity index (χ3v) is 3.55. The topological polar surface area (TPSA) is 88.9 Å². The summed E-state index contributed by atoms with van der Waals surface area (Å²) < 4.78 is 15.3. The predicted molar refractivity (Wildman–Crippen MR) is 94.2 cm³/mol. The third-order valence-electron chi connectivity index (χ3n) is 3.55. The summed E-state index contributed by atoms with van der Waals surface area (Å²) in [5, 5.41) is 8.94. The Bertz CT molecular complexity index is 814. The molecule has 7 heteroatoms. The molecule has 1 amide bonds. The highest BCUT2D eigenvalue weighted by Gasteiger charge is 2.20. The van der Waals surface area contributed by atoms with Crippen LogP contribution in [0.2, 0.25) is 0 Å². The number of para-hydroxylation sites is 1. The molecule has 0 spiro atoms. The molecule has 2 rings (SSSR count). The summed E-state index contributed by atoms with van der Waals surface area (Å²) in [4.78, 5) is 25.9. The number of carbonyl (C=O) groups excluding carboxylic acids is 2. The van der Waals surface area contributed by atoms with Crippen LogP contribution >= 0.6 is 0 Å². The monoisotopic (exact) mass is 354 g/mol. The fourth-order valence-corrected chi connectivity index (χ4v) is 2.25. The van der Waals surface area contributed by atoms with E-state index in [1.54, 1.807) is 42.5 Å². The Labute approximate surface area is 151 Å². The number of hydrogen-bond donors (Lipinski definition) is 0. The van der Waals surface area contributed by atoms with Crippen LogP contribution in [0.3, 0.4) is 0 Å². The summed E-state index contributed by atoms with van der Waals surface area (Å²) in [6.45, 7) is -0.642. The molecule has 0 atom stereocenters. The quantitative estimate of drug-likeness (QED) is 0.560. The van der Waals surface area contributed by atoms with Gasteiger partial charge in [0, 0.05) is 11.8 Å². The molecule has 0 unspecified atom stereocenters. The van der Waals surface area contributed by atoms with Gasteiger partial charge in [0.25, 0.3) is 5.91 Å². The van der Waals surface area contributed by atoms with Gasteiger partial charge in [0.05, 0.1) is 20.3 Å². The summed E-state index contributed by atoms with van der Waals surface area (Å²) >= 11 is 0. The van der Waals surface area contributed by atoms with Gasteiger partial charge >= 0.3 is 5.97 Å². The summed E-state index contributed by atoms with van der Waals surface area (Å²) in [5.74, 6) is -0.404. The van der Waals surface area contributed by atoms with Gasteiger partial charge in [-0.1, -0.05) is 18.2 Å². The van der Waals surface area contributed by atoms with E-state index >= 15 is 0 Å². The Hall–Kier alpha value is -3.53. The van der Waals surface area contributed by atoms with Crippen LogP contribution in [0.15, 0.2) is 48.5 Å². The average molecular weight is 354 g/mol. The first kappa shape index (κ1) is 18.8. The van der Waals surface area contributed by atoms with Crippen molar-refractivity contribution >= 4 is 17.6 Å². The maximum atomic E-state index is 12.4. The van der Waals surface area contributed by atoms with Crippen molar-refractivity contribution in [1.82, 2.24) is 0 Å². The van der Waals surface area contributed by atoms with Crippen molar-refractivity contribution in [2.24, 2.45) is 0 Å². The molecule has 0 N–H and O–H groups in total. The van der Waals surface area contributed by atoms with Crippen LogP contribution in [0.25, 0.3) is 0 Å². The first-order valence-corrected chi connectivity index (χ1v) is 7.72. The van der Waals surface area contributed by atoms with E-state index in [4.69, 9.17) is 19.5 Å². The number of methoxy groups -OCH3 is 2. The van der Waals surface area contributed by atoms with Crippen LogP contribution in [0, 0.1) is 11.3 Å². The van der Waals surface area contributed by atoms with Gasteiger partial charge in [-0.3, -0.25) is 9.69 Å². The van der Waals surface area contributed by atoms with Gasteiger partial charge in [0.15, 0.2) is 6.61 Å². The van der Waals surface area contributed by atoms with E-state index in [0.717, 1.165) is 0 Å². The molecule has 0 radical (unpaired) electrons. The molecule has 0 fully saturated rings. The highest BCUT2D eigenvalue weighted by Crippen LogP contribution is 2.25. The average Bonchev–Trinajstić information content (AvgIpc) is 2.70. The Kier molecular flexibility index (Phi) is 6.57. The van der Waals surface area contributed by atoms with Gasteiger partial charge in [0.1, 0.15) is 23.6 Å². The molecule has 0 aliphatic carbocycles. The SMILES string of the molecule is COc1ccc(C(=O)OCC(=O)N(CC#N)c2ccccc2)c(OC)c1. The van der Waals surface area contributed by atoms with Crippen LogP contribution < -0.4 is 14.4 Å². The Balaban J connectivity index is 2.08. The van der Waals surface area contributed by atoms with Crippen LogP contribution in [0.1, 0.15) is 10.4 Å². The number of esters is 1. The number of benzene rings is 2. The molecule has 0 heterocycles. The second kappa shape index (κ2) is 9.08. The van der Waals surface area contributed by atoms with Crippen molar-refractivity contribution < 1.29 is 23.8 Å². The smallest absolute Gasteiger partial charge is 0.342 e. The van der Waals surface area contributed by atoms with Crippen LogP contribution in [0.4, 0.5) is 5.69 Å². The first-order valence-electron chi connectivity index (χ1n) is 7.72. The minimum absolute atomic E-state index is 0.147. The van der Waals surface area contributed by atoms with Gasteiger partial charge in [-0.05, 0) is 24.3 Å². The zero-order valence-corrected chi connectivity index (χ0v) is 14.5. The van der Waals surface area contributed by atoms with Crippen molar-refractivity contribution in [2.75, 3.05) is 32.3 Å². The zero-order chi connectivity index (χ0) is 18.9. The highest BCUT2D eigenvalue weighted by molar-refractivity contribution is 5.98. The fraction of sp³-hybridized carbons (Fsp3) is 0.211.